The summed E-state index contributed by atoms with van der Waals surface area (Å²) >= 11 is 0. The van der Waals surface area contributed by atoms with E-state index in [1.165, 1.54) is 29.8 Å². The van der Waals surface area contributed by atoms with Crippen LogP contribution in [0.5, 0.6) is 0 Å². The molecule has 1 N–H and O–H groups in total. The zero-order chi connectivity index (χ0) is 12.6. The second-order valence-corrected chi connectivity index (χ2v) is 5.29. The summed E-state index contributed by atoms with van der Waals surface area (Å²) in [6.45, 7) is 9.93. The van der Waals surface area contributed by atoms with Crippen molar-refractivity contribution in [2.45, 2.75) is 52.5 Å². The summed E-state index contributed by atoms with van der Waals surface area (Å²) in [5.41, 5.74) is 4.08. The van der Waals surface area contributed by atoms with Gasteiger partial charge >= 0.3 is 0 Å². The molecule has 2 rings (SSSR count). The fourth-order valence-corrected chi connectivity index (χ4v) is 3.43. The van der Waals surface area contributed by atoms with Gasteiger partial charge in [0.2, 0.25) is 0 Å². The molecular weight excluding hydrogens is 210 g/mol. The topological polar surface area (TPSA) is 29.9 Å². The Bertz CT molecular complexity index is 394. The van der Waals surface area contributed by atoms with Crippen molar-refractivity contribution in [2.24, 2.45) is 13.0 Å². The monoisotopic (exact) mass is 235 g/mol. The zero-order valence-corrected chi connectivity index (χ0v) is 11.7. The molecule has 0 aromatic carbocycles. The normalized spacial score (nSPS) is 28.2. The molecule has 1 aromatic heterocycles. The second-order valence-electron chi connectivity index (χ2n) is 5.29. The van der Waals surface area contributed by atoms with E-state index in [0.29, 0.717) is 6.04 Å². The summed E-state index contributed by atoms with van der Waals surface area (Å²) in [6.07, 6.45) is 2.54. The number of aromatic nitrogens is 2. The van der Waals surface area contributed by atoms with Crippen LogP contribution in [0.15, 0.2) is 0 Å². The van der Waals surface area contributed by atoms with Gasteiger partial charge in [-0.1, -0.05) is 20.3 Å². The van der Waals surface area contributed by atoms with Crippen LogP contribution in [0.4, 0.5) is 0 Å². The molecule has 96 valence electrons. The van der Waals surface area contributed by atoms with Crippen LogP contribution in [0.25, 0.3) is 0 Å². The lowest BCUT2D eigenvalue weighted by atomic mass is 9.64. The van der Waals surface area contributed by atoms with Gasteiger partial charge in [0.25, 0.3) is 0 Å². The van der Waals surface area contributed by atoms with E-state index in [1.807, 2.05) is 11.7 Å². The Hall–Kier alpha value is -0.830. The smallest absolute Gasteiger partial charge is 0.0631 e. The number of hydrogen-bond acceptors (Lipinski definition) is 2. The summed E-state index contributed by atoms with van der Waals surface area (Å²) < 4.78 is 2.03. The molecule has 3 atom stereocenters. The summed E-state index contributed by atoms with van der Waals surface area (Å²) in [4.78, 5) is 0. The van der Waals surface area contributed by atoms with Gasteiger partial charge in [0, 0.05) is 18.8 Å². The minimum absolute atomic E-state index is 0.717. The van der Waals surface area contributed by atoms with Crippen molar-refractivity contribution in [1.82, 2.24) is 15.1 Å². The van der Waals surface area contributed by atoms with Crippen molar-refractivity contribution in [3.05, 3.63) is 17.0 Å². The molecule has 1 heterocycles. The third kappa shape index (κ3) is 2.01. The molecule has 0 bridgehead atoms. The fraction of sp³-hybridized carbons (Fsp3) is 0.786. The quantitative estimate of drug-likeness (QED) is 0.869. The molecule has 1 saturated carbocycles. The van der Waals surface area contributed by atoms with Gasteiger partial charge in [-0.25, -0.2) is 0 Å². The van der Waals surface area contributed by atoms with Crippen LogP contribution in [-0.4, -0.2) is 22.4 Å². The molecule has 1 aromatic rings. The van der Waals surface area contributed by atoms with Crippen LogP contribution in [0, 0.1) is 19.8 Å². The summed E-state index contributed by atoms with van der Waals surface area (Å²) in [5.74, 6) is 1.51. The molecule has 17 heavy (non-hydrogen) atoms. The molecule has 3 heteroatoms. The maximum absolute atomic E-state index is 4.55. The molecule has 0 amide bonds. The van der Waals surface area contributed by atoms with Crippen LogP contribution in [0.2, 0.25) is 0 Å². The summed E-state index contributed by atoms with van der Waals surface area (Å²) in [7, 11) is 2.05. The number of rotatable bonds is 4. The van der Waals surface area contributed by atoms with E-state index in [9.17, 15) is 0 Å². The van der Waals surface area contributed by atoms with E-state index in [-0.39, 0.29) is 0 Å². The Morgan fingerprint density at radius 1 is 1.35 bits per heavy atom. The highest BCUT2D eigenvalue weighted by Gasteiger charge is 2.42. The SMILES string of the molecule is CCNC1CC(c2c(C)nn(C)c2C)C1CC. The van der Waals surface area contributed by atoms with Crippen molar-refractivity contribution in [2.75, 3.05) is 6.54 Å². The van der Waals surface area contributed by atoms with Crippen molar-refractivity contribution in [1.29, 1.82) is 0 Å². The van der Waals surface area contributed by atoms with Gasteiger partial charge in [0.15, 0.2) is 0 Å². The van der Waals surface area contributed by atoms with Crippen molar-refractivity contribution in [3.63, 3.8) is 0 Å². The van der Waals surface area contributed by atoms with Gasteiger partial charge in [0.1, 0.15) is 0 Å². The number of hydrogen-bond donors (Lipinski definition) is 1. The first-order valence-corrected chi connectivity index (χ1v) is 6.83. The highest BCUT2D eigenvalue weighted by atomic mass is 15.3. The first-order valence-electron chi connectivity index (χ1n) is 6.83. The molecule has 1 fully saturated rings. The van der Waals surface area contributed by atoms with Gasteiger partial charge in [-0.3, -0.25) is 4.68 Å². The molecule has 0 spiro atoms. The van der Waals surface area contributed by atoms with E-state index in [2.05, 4.69) is 38.1 Å². The minimum Gasteiger partial charge on any atom is -0.314 e. The molecule has 0 radical (unpaired) electrons. The predicted molar refractivity (Wildman–Crippen MR) is 71.3 cm³/mol. The maximum Gasteiger partial charge on any atom is 0.0631 e. The van der Waals surface area contributed by atoms with E-state index < -0.39 is 0 Å². The third-order valence-corrected chi connectivity index (χ3v) is 4.42. The van der Waals surface area contributed by atoms with Crippen molar-refractivity contribution >= 4 is 0 Å². The Morgan fingerprint density at radius 2 is 2.06 bits per heavy atom. The van der Waals surface area contributed by atoms with Gasteiger partial charge in [-0.15, -0.1) is 0 Å². The van der Waals surface area contributed by atoms with E-state index in [0.717, 1.165) is 18.4 Å². The second kappa shape index (κ2) is 4.81. The standard InChI is InChI=1S/C14H25N3/c1-6-11-12(8-13(11)15-7-2)14-9(3)16-17(5)10(14)4/h11-13,15H,6-8H2,1-5H3. The lowest BCUT2D eigenvalue weighted by Crippen LogP contribution is -2.49. The molecule has 0 aliphatic heterocycles. The average Bonchev–Trinajstić information content (AvgIpc) is 2.49. The number of aryl methyl sites for hydroxylation is 2. The zero-order valence-electron chi connectivity index (χ0n) is 11.7. The first kappa shape index (κ1) is 12.6. The maximum atomic E-state index is 4.55. The average molecular weight is 235 g/mol. The Kier molecular flexibility index (Phi) is 3.57. The minimum atomic E-state index is 0.717. The lowest BCUT2D eigenvalue weighted by molar-refractivity contribution is 0.162. The molecule has 1 aliphatic carbocycles. The van der Waals surface area contributed by atoms with Gasteiger partial charge in [-0.2, -0.15) is 5.10 Å². The van der Waals surface area contributed by atoms with Crippen LogP contribution >= 0.6 is 0 Å². The highest BCUT2D eigenvalue weighted by molar-refractivity contribution is 5.32. The van der Waals surface area contributed by atoms with Crippen molar-refractivity contribution < 1.29 is 0 Å². The van der Waals surface area contributed by atoms with Crippen molar-refractivity contribution in [3.8, 4) is 0 Å². The first-order chi connectivity index (χ1) is 8.10. The van der Waals surface area contributed by atoms with Crippen LogP contribution in [0.3, 0.4) is 0 Å². The molecular formula is C14H25N3. The van der Waals surface area contributed by atoms with Gasteiger partial charge in [0.05, 0.1) is 5.69 Å². The summed E-state index contributed by atoms with van der Waals surface area (Å²) in [5, 5.41) is 8.15. The van der Waals surface area contributed by atoms with Crippen LogP contribution < -0.4 is 5.32 Å². The molecule has 0 saturated heterocycles. The number of nitrogens with one attached hydrogen (secondary N) is 1. The summed E-state index contributed by atoms with van der Waals surface area (Å²) in [6, 6.07) is 0.717. The Balaban J connectivity index is 2.19. The van der Waals surface area contributed by atoms with Gasteiger partial charge < -0.3 is 5.32 Å². The largest absolute Gasteiger partial charge is 0.314 e. The highest BCUT2D eigenvalue weighted by Crippen LogP contribution is 2.46. The third-order valence-electron chi connectivity index (χ3n) is 4.42. The molecule has 1 aliphatic rings. The van der Waals surface area contributed by atoms with Crippen LogP contribution in [-0.2, 0) is 7.05 Å². The van der Waals surface area contributed by atoms with E-state index >= 15 is 0 Å². The van der Waals surface area contributed by atoms with E-state index in [4.69, 9.17) is 0 Å². The Morgan fingerprint density at radius 3 is 2.53 bits per heavy atom. The van der Waals surface area contributed by atoms with Crippen LogP contribution in [0.1, 0.15) is 49.6 Å². The Labute approximate surface area is 105 Å². The lowest BCUT2D eigenvalue weighted by Gasteiger charge is -2.45. The predicted octanol–water partition coefficient (Wildman–Crippen LogP) is 2.53. The van der Waals surface area contributed by atoms with E-state index in [1.54, 1.807) is 0 Å². The molecule has 3 nitrogen and oxygen atoms in total. The van der Waals surface area contributed by atoms with Gasteiger partial charge in [-0.05, 0) is 44.2 Å². The molecule has 3 unspecified atom stereocenters. The number of nitrogens with zero attached hydrogens (tertiary/aromatic N) is 2. The fourth-order valence-electron chi connectivity index (χ4n) is 3.43.